The van der Waals surface area contributed by atoms with Crippen molar-refractivity contribution >= 4 is 17.3 Å². The third kappa shape index (κ3) is 4.67. The Hall–Kier alpha value is -2.64. The maximum atomic E-state index is 14.5. The minimum absolute atomic E-state index is 0.0351. The maximum absolute atomic E-state index is 14.5. The number of halogens is 1. The van der Waals surface area contributed by atoms with Gasteiger partial charge in [0.05, 0.1) is 25.9 Å². The number of amides is 1. The molecule has 0 bridgehead atoms. The second kappa shape index (κ2) is 8.85. The third-order valence-electron chi connectivity index (χ3n) is 6.14. The number of nitrogens with zero attached hydrogens (tertiary/aromatic N) is 1. The number of rotatable bonds is 5. The zero-order valence-corrected chi connectivity index (χ0v) is 18.1. The Kier molecular flexibility index (Phi) is 6.16. The number of benzene rings is 2. The predicted octanol–water partition coefficient (Wildman–Crippen LogP) is 3.22. The minimum Gasteiger partial charge on any atom is -0.395 e. The van der Waals surface area contributed by atoms with Crippen LogP contribution in [0, 0.1) is 5.82 Å². The number of hydrogen-bond acceptors (Lipinski definition) is 5. The van der Waals surface area contributed by atoms with E-state index < -0.39 is 0 Å². The van der Waals surface area contributed by atoms with E-state index in [-0.39, 0.29) is 36.3 Å². The van der Waals surface area contributed by atoms with Gasteiger partial charge in [-0.3, -0.25) is 4.79 Å². The molecule has 7 heteroatoms. The summed E-state index contributed by atoms with van der Waals surface area (Å²) in [5.74, 6) is -0.435. The summed E-state index contributed by atoms with van der Waals surface area (Å²) in [5.41, 5.74) is 4.19. The molecule has 0 saturated carbocycles. The smallest absolute Gasteiger partial charge is 0.251 e. The summed E-state index contributed by atoms with van der Waals surface area (Å²) < 4.78 is 19.9. The van der Waals surface area contributed by atoms with E-state index in [1.54, 1.807) is 18.2 Å². The van der Waals surface area contributed by atoms with Crippen LogP contribution in [0.3, 0.4) is 0 Å². The van der Waals surface area contributed by atoms with Gasteiger partial charge in [-0.05, 0) is 59.4 Å². The van der Waals surface area contributed by atoms with Gasteiger partial charge in [0.1, 0.15) is 5.82 Å². The van der Waals surface area contributed by atoms with Crippen molar-refractivity contribution in [3.8, 4) is 0 Å². The van der Waals surface area contributed by atoms with Gasteiger partial charge >= 0.3 is 0 Å². The minimum atomic E-state index is -0.236. The van der Waals surface area contributed by atoms with Crippen molar-refractivity contribution in [2.75, 3.05) is 49.7 Å². The lowest BCUT2D eigenvalue weighted by atomic mass is 9.73. The van der Waals surface area contributed by atoms with Crippen molar-refractivity contribution in [2.24, 2.45) is 0 Å². The number of anilines is 2. The molecule has 2 aliphatic rings. The molecular weight excluding hydrogens is 397 g/mol. The van der Waals surface area contributed by atoms with Crippen LogP contribution >= 0.6 is 0 Å². The first-order chi connectivity index (χ1) is 14.9. The summed E-state index contributed by atoms with van der Waals surface area (Å²) in [6.45, 7) is 7.27. The number of fused-ring (bicyclic) bond motifs is 1. The Morgan fingerprint density at radius 2 is 2.03 bits per heavy atom. The van der Waals surface area contributed by atoms with Crippen LogP contribution in [0.1, 0.15) is 47.8 Å². The first kappa shape index (κ1) is 21.6. The van der Waals surface area contributed by atoms with Crippen molar-refractivity contribution in [2.45, 2.75) is 31.7 Å². The summed E-state index contributed by atoms with van der Waals surface area (Å²) in [5, 5.41) is 15.2. The topological polar surface area (TPSA) is 73.8 Å². The molecule has 6 nitrogen and oxygen atoms in total. The molecule has 0 radical (unpaired) electrons. The molecule has 1 unspecified atom stereocenters. The molecule has 1 atom stereocenters. The van der Waals surface area contributed by atoms with Crippen molar-refractivity contribution in [1.29, 1.82) is 0 Å². The van der Waals surface area contributed by atoms with Crippen LogP contribution in [0.15, 0.2) is 36.4 Å². The Morgan fingerprint density at radius 1 is 1.26 bits per heavy atom. The van der Waals surface area contributed by atoms with Gasteiger partial charge in [-0.25, -0.2) is 4.39 Å². The highest BCUT2D eigenvalue weighted by molar-refractivity contribution is 5.95. The molecule has 2 aliphatic heterocycles. The molecule has 1 saturated heterocycles. The lowest BCUT2D eigenvalue weighted by Crippen LogP contribution is -2.36. The Morgan fingerprint density at radius 3 is 2.77 bits per heavy atom. The van der Waals surface area contributed by atoms with Gasteiger partial charge < -0.3 is 25.4 Å². The van der Waals surface area contributed by atoms with Gasteiger partial charge in [-0.1, -0.05) is 13.8 Å². The summed E-state index contributed by atoms with van der Waals surface area (Å²) >= 11 is 0. The number of morpholine rings is 1. The number of aliphatic hydroxyl groups excluding tert-OH is 1. The van der Waals surface area contributed by atoms with Gasteiger partial charge in [0.15, 0.2) is 0 Å². The fraction of sp³-hybridized carbons (Fsp3) is 0.458. The molecule has 1 fully saturated rings. The summed E-state index contributed by atoms with van der Waals surface area (Å²) in [4.78, 5) is 14.5. The number of ether oxygens (including phenoxy) is 1. The standard InChI is InChI=1S/C24H30FN3O3/c1-24(2)15-22(17-11-18(25)14-19(12-17)28-6-9-31-10-7-28)27-21-4-3-16(13-20(21)24)23(30)26-5-8-29/h3-4,11-14,22,27,29H,5-10,15H2,1-2H3,(H,26,30). The predicted molar refractivity (Wildman–Crippen MR) is 119 cm³/mol. The highest BCUT2D eigenvalue weighted by atomic mass is 19.1. The van der Waals surface area contributed by atoms with E-state index in [4.69, 9.17) is 9.84 Å². The lowest BCUT2D eigenvalue weighted by molar-refractivity contribution is 0.0944. The maximum Gasteiger partial charge on any atom is 0.251 e. The first-order valence-electron chi connectivity index (χ1n) is 10.8. The molecule has 2 heterocycles. The molecule has 166 valence electrons. The fourth-order valence-electron chi connectivity index (χ4n) is 4.50. The Labute approximate surface area is 182 Å². The van der Waals surface area contributed by atoms with E-state index in [0.29, 0.717) is 18.8 Å². The van der Waals surface area contributed by atoms with Crippen molar-refractivity contribution < 1.29 is 19.0 Å². The molecular formula is C24H30FN3O3. The normalized spacial score (nSPS) is 20.0. The van der Waals surface area contributed by atoms with E-state index in [9.17, 15) is 9.18 Å². The number of carbonyl (C=O) groups excluding carboxylic acids is 1. The fourth-order valence-corrected chi connectivity index (χ4v) is 4.50. The van der Waals surface area contributed by atoms with E-state index in [1.165, 1.54) is 0 Å². The highest BCUT2D eigenvalue weighted by Gasteiger charge is 2.34. The van der Waals surface area contributed by atoms with Crippen molar-refractivity contribution in [3.05, 3.63) is 58.9 Å². The van der Waals surface area contributed by atoms with Crippen molar-refractivity contribution in [1.82, 2.24) is 5.32 Å². The molecule has 4 rings (SSSR count). The SMILES string of the molecule is CC1(C)CC(c2cc(F)cc(N3CCOCC3)c2)Nc2ccc(C(=O)NCCO)cc21. The molecule has 2 aromatic rings. The average molecular weight is 428 g/mol. The van der Waals surface area contributed by atoms with Crippen LogP contribution in [0.25, 0.3) is 0 Å². The average Bonchev–Trinajstić information content (AvgIpc) is 2.77. The molecule has 2 aromatic carbocycles. The van der Waals surface area contributed by atoms with Crippen molar-refractivity contribution in [3.63, 3.8) is 0 Å². The summed E-state index contributed by atoms with van der Waals surface area (Å²) in [6, 6.07) is 10.8. The van der Waals surface area contributed by atoms with Gasteiger partial charge in [-0.15, -0.1) is 0 Å². The highest BCUT2D eigenvalue weighted by Crippen LogP contribution is 2.44. The van der Waals surface area contributed by atoms with Crippen LogP contribution in [-0.2, 0) is 10.2 Å². The number of aliphatic hydroxyl groups is 1. The van der Waals surface area contributed by atoms with E-state index in [1.807, 2.05) is 12.1 Å². The zero-order chi connectivity index (χ0) is 22.0. The largest absolute Gasteiger partial charge is 0.395 e. The molecule has 0 aromatic heterocycles. The van der Waals surface area contributed by atoms with E-state index >= 15 is 0 Å². The van der Waals surface area contributed by atoms with E-state index in [0.717, 1.165) is 42.0 Å². The summed E-state index contributed by atoms with van der Waals surface area (Å²) in [6.07, 6.45) is 0.772. The molecule has 0 aliphatic carbocycles. The Bertz CT molecular complexity index is 957. The monoisotopic (exact) mass is 427 g/mol. The molecule has 31 heavy (non-hydrogen) atoms. The summed E-state index contributed by atoms with van der Waals surface area (Å²) in [7, 11) is 0. The van der Waals surface area contributed by atoms with Crippen LogP contribution in [-0.4, -0.2) is 50.5 Å². The lowest BCUT2D eigenvalue weighted by Gasteiger charge is -2.39. The number of nitrogens with one attached hydrogen (secondary N) is 2. The Balaban J connectivity index is 1.61. The first-order valence-corrected chi connectivity index (χ1v) is 10.8. The number of carbonyl (C=O) groups is 1. The van der Waals surface area contributed by atoms with Crippen LogP contribution < -0.4 is 15.5 Å². The molecule has 1 amide bonds. The quantitative estimate of drug-likeness (QED) is 0.683. The second-order valence-corrected chi connectivity index (χ2v) is 8.87. The van der Waals surface area contributed by atoms with Gasteiger partial charge in [0.25, 0.3) is 5.91 Å². The van der Waals surface area contributed by atoms with Gasteiger partial charge in [-0.2, -0.15) is 0 Å². The molecule has 3 N–H and O–H groups in total. The third-order valence-corrected chi connectivity index (χ3v) is 6.14. The molecule has 0 spiro atoms. The zero-order valence-electron chi connectivity index (χ0n) is 18.1. The van der Waals surface area contributed by atoms with Gasteiger partial charge in [0.2, 0.25) is 0 Å². The second-order valence-electron chi connectivity index (χ2n) is 8.87. The van der Waals surface area contributed by atoms with E-state index in [2.05, 4.69) is 35.4 Å². The van der Waals surface area contributed by atoms with Crippen LogP contribution in [0.5, 0.6) is 0 Å². The van der Waals surface area contributed by atoms with Gasteiger partial charge in [0, 0.05) is 36.6 Å². The van der Waals surface area contributed by atoms with Crippen LogP contribution in [0.2, 0.25) is 0 Å². The number of hydrogen-bond donors (Lipinski definition) is 3. The van der Waals surface area contributed by atoms with Crippen LogP contribution in [0.4, 0.5) is 15.8 Å².